The van der Waals surface area contributed by atoms with Crippen LogP contribution in [0.1, 0.15) is 18.5 Å². The molecule has 1 N–H and O–H groups in total. The van der Waals surface area contributed by atoms with Gasteiger partial charge in [0.25, 0.3) is 0 Å². The third kappa shape index (κ3) is 1.79. The molecule has 0 saturated carbocycles. The highest BCUT2D eigenvalue weighted by Gasteiger charge is 2.35. The van der Waals surface area contributed by atoms with Gasteiger partial charge in [0.1, 0.15) is 0 Å². The molecule has 76 valence electrons. The molecule has 1 aliphatic heterocycles. The van der Waals surface area contributed by atoms with Gasteiger partial charge in [-0.15, -0.1) is 0 Å². The predicted octanol–water partition coefficient (Wildman–Crippen LogP) is 0.981. The van der Waals surface area contributed by atoms with Crippen LogP contribution in [0, 0.1) is 0 Å². The van der Waals surface area contributed by atoms with E-state index < -0.39 is 10.3 Å². The molecule has 0 aromatic heterocycles. The molecule has 0 bridgehead atoms. The van der Waals surface area contributed by atoms with Crippen LogP contribution in [-0.2, 0) is 14.5 Å². The Bertz CT molecular complexity index is 415. The van der Waals surface area contributed by atoms with Crippen LogP contribution in [-0.4, -0.2) is 14.5 Å². The lowest BCUT2D eigenvalue weighted by Gasteiger charge is -2.11. The van der Waals surface area contributed by atoms with E-state index in [1.54, 1.807) is 6.92 Å². The molecular weight excluding hydrogens is 202 g/mol. The quantitative estimate of drug-likeness (QED) is 0.756. The van der Waals surface area contributed by atoms with Gasteiger partial charge in [0.05, 0.1) is 12.1 Å². The van der Waals surface area contributed by atoms with Crippen LogP contribution in [0.3, 0.4) is 0 Å². The van der Waals surface area contributed by atoms with E-state index in [9.17, 15) is 8.42 Å². The topological polar surface area (TPSA) is 55.4 Å². The second-order valence-corrected chi connectivity index (χ2v) is 4.60. The van der Waals surface area contributed by atoms with Gasteiger partial charge in [-0.25, -0.2) is 0 Å². The number of nitrogens with one attached hydrogen (secondary N) is 1. The molecule has 0 radical (unpaired) electrons. The maximum Gasteiger partial charge on any atom is 0.336 e. The molecule has 1 aliphatic rings. The van der Waals surface area contributed by atoms with E-state index in [0.29, 0.717) is 0 Å². The third-order valence-electron chi connectivity index (χ3n) is 2.18. The lowest BCUT2D eigenvalue weighted by Crippen LogP contribution is -2.21. The number of benzene rings is 1. The average Bonchev–Trinajstić information content (AvgIpc) is 2.41. The van der Waals surface area contributed by atoms with Crippen LogP contribution in [0.25, 0.3) is 0 Å². The summed E-state index contributed by atoms with van der Waals surface area (Å²) < 4.78 is 29.4. The van der Waals surface area contributed by atoms with Crippen molar-refractivity contribution in [2.75, 3.05) is 0 Å². The molecule has 0 amide bonds. The predicted molar refractivity (Wildman–Crippen MR) is 51.8 cm³/mol. The Morgan fingerprint density at radius 1 is 1.29 bits per heavy atom. The van der Waals surface area contributed by atoms with Crippen LogP contribution in [0.4, 0.5) is 0 Å². The van der Waals surface area contributed by atoms with E-state index in [4.69, 9.17) is 4.18 Å². The maximum atomic E-state index is 11.1. The minimum Gasteiger partial charge on any atom is -0.253 e. The van der Waals surface area contributed by atoms with Crippen molar-refractivity contribution in [3.63, 3.8) is 0 Å². The fourth-order valence-corrected chi connectivity index (χ4v) is 2.74. The Labute approximate surface area is 83.2 Å². The van der Waals surface area contributed by atoms with Gasteiger partial charge in [0.2, 0.25) is 0 Å². The third-order valence-corrected chi connectivity index (χ3v) is 3.28. The molecule has 2 rings (SSSR count). The number of hydrogen-bond acceptors (Lipinski definition) is 3. The van der Waals surface area contributed by atoms with Crippen molar-refractivity contribution >= 4 is 10.3 Å². The van der Waals surface area contributed by atoms with Gasteiger partial charge in [-0.3, -0.25) is 4.18 Å². The van der Waals surface area contributed by atoms with Gasteiger partial charge in [0.15, 0.2) is 0 Å². The van der Waals surface area contributed by atoms with Crippen molar-refractivity contribution < 1.29 is 12.6 Å². The minimum absolute atomic E-state index is 0.277. The lowest BCUT2D eigenvalue weighted by atomic mass is 10.0. The zero-order chi connectivity index (χ0) is 10.2. The van der Waals surface area contributed by atoms with E-state index in [1.807, 2.05) is 30.3 Å². The Morgan fingerprint density at radius 3 is 2.43 bits per heavy atom. The van der Waals surface area contributed by atoms with Crippen molar-refractivity contribution in [1.29, 1.82) is 0 Å². The van der Waals surface area contributed by atoms with E-state index in [-0.39, 0.29) is 12.1 Å². The summed E-state index contributed by atoms with van der Waals surface area (Å²) in [5.41, 5.74) is 0.918. The Hall–Kier alpha value is -0.910. The molecule has 1 fully saturated rings. The first-order valence-corrected chi connectivity index (χ1v) is 5.75. The van der Waals surface area contributed by atoms with Gasteiger partial charge in [-0.05, 0) is 12.5 Å². The van der Waals surface area contributed by atoms with Gasteiger partial charge in [-0.2, -0.15) is 13.1 Å². The molecule has 5 heteroatoms. The summed E-state index contributed by atoms with van der Waals surface area (Å²) in [7, 11) is -3.54. The highest BCUT2D eigenvalue weighted by atomic mass is 32.2. The molecule has 1 heterocycles. The Morgan fingerprint density at radius 2 is 1.93 bits per heavy atom. The second kappa shape index (κ2) is 3.34. The molecule has 0 spiro atoms. The summed E-state index contributed by atoms with van der Waals surface area (Å²) in [5, 5.41) is 0. The van der Waals surface area contributed by atoms with Crippen molar-refractivity contribution in [2.45, 2.75) is 19.1 Å². The van der Waals surface area contributed by atoms with Crippen LogP contribution in [0.15, 0.2) is 30.3 Å². The summed E-state index contributed by atoms with van der Waals surface area (Å²) in [5.74, 6) is 0. The van der Waals surface area contributed by atoms with Crippen molar-refractivity contribution in [3.05, 3.63) is 35.9 Å². The molecule has 1 saturated heterocycles. The summed E-state index contributed by atoms with van der Waals surface area (Å²) in [6.07, 6.45) is -0.359. The highest BCUT2D eigenvalue weighted by Crippen LogP contribution is 2.26. The molecule has 1 aromatic carbocycles. The van der Waals surface area contributed by atoms with E-state index in [1.165, 1.54) is 0 Å². The Balaban J connectivity index is 2.30. The fourth-order valence-electron chi connectivity index (χ4n) is 1.53. The zero-order valence-corrected chi connectivity index (χ0v) is 8.49. The minimum atomic E-state index is -3.54. The van der Waals surface area contributed by atoms with Gasteiger partial charge in [-0.1, -0.05) is 30.3 Å². The molecule has 1 aromatic rings. The summed E-state index contributed by atoms with van der Waals surface area (Å²) >= 11 is 0. The van der Waals surface area contributed by atoms with Crippen molar-refractivity contribution in [1.82, 2.24) is 4.72 Å². The normalized spacial score (nSPS) is 30.4. The highest BCUT2D eigenvalue weighted by molar-refractivity contribution is 7.85. The summed E-state index contributed by atoms with van der Waals surface area (Å²) in [6, 6.07) is 9.10. The lowest BCUT2D eigenvalue weighted by molar-refractivity contribution is 0.236. The summed E-state index contributed by atoms with van der Waals surface area (Å²) in [6.45, 7) is 1.73. The molecular formula is C9H11NO3S. The van der Waals surface area contributed by atoms with Crippen molar-refractivity contribution in [3.8, 4) is 0 Å². The first kappa shape index (κ1) is 9.64. The standard InChI is InChI=1S/C9H11NO3S/c1-7-9(10-14(11,12)13-7)8-5-3-2-4-6-8/h2-7,9-10H,1H3/t7-,9-/m1/s1. The van der Waals surface area contributed by atoms with Gasteiger partial charge < -0.3 is 0 Å². The average molecular weight is 213 g/mol. The monoisotopic (exact) mass is 213 g/mol. The largest absolute Gasteiger partial charge is 0.336 e. The first-order valence-electron chi connectivity index (χ1n) is 4.34. The molecule has 4 nitrogen and oxygen atoms in total. The Kier molecular flexibility index (Phi) is 2.30. The van der Waals surface area contributed by atoms with E-state index in [0.717, 1.165) is 5.56 Å². The number of hydrogen-bond donors (Lipinski definition) is 1. The summed E-state index contributed by atoms with van der Waals surface area (Å²) in [4.78, 5) is 0. The maximum absolute atomic E-state index is 11.1. The molecule has 0 aliphatic carbocycles. The van der Waals surface area contributed by atoms with E-state index in [2.05, 4.69) is 4.72 Å². The smallest absolute Gasteiger partial charge is 0.253 e. The zero-order valence-electron chi connectivity index (χ0n) is 7.67. The van der Waals surface area contributed by atoms with Crippen LogP contribution in [0.2, 0.25) is 0 Å². The second-order valence-electron chi connectivity index (χ2n) is 3.26. The van der Waals surface area contributed by atoms with Gasteiger partial charge in [0, 0.05) is 0 Å². The SMILES string of the molecule is C[C@H]1OS(=O)(=O)N[C@H]1c1ccccc1. The molecule has 0 unspecified atom stereocenters. The van der Waals surface area contributed by atoms with E-state index >= 15 is 0 Å². The molecule has 14 heavy (non-hydrogen) atoms. The molecule has 2 atom stereocenters. The van der Waals surface area contributed by atoms with Crippen LogP contribution < -0.4 is 4.72 Å². The van der Waals surface area contributed by atoms with Crippen molar-refractivity contribution in [2.24, 2.45) is 0 Å². The van der Waals surface area contributed by atoms with Crippen LogP contribution in [0.5, 0.6) is 0 Å². The number of rotatable bonds is 1. The van der Waals surface area contributed by atoms with Crippen LogP contribution >= 0.6 is 0 Å². The van der Waals surface area contributed by atoms with Gasteiger partial charge >= 0.3 is 10.3 Å². The fraction of sp³-hybridized carbons (Fsp3) is 0.333. The first-order chi connectivity index (χ1) is 6.58.